The van der Waals surface area contributed by atoms with Gasteiger partial charge >= 0.3 is 6.09 Å². The number of likely N-dealkylation sites (tertiary alicyclic amines) is 2. The lowest BCUT2D eigenvalue weighted by Gasteiger charge is -2.36. The Morgan fingerprint density at radius 1 is 1.07 bits per heavy atom. The molecule has 0 spiro atoms. The Kier molecular flexibility index (Phi) is 8.59. The van der Waals surface area contributed by atoms with Gasteiger partial charge in [-0.25, -0.2) is 4.79 Å². The number of hydrogen-bond acceptors (Lipinski definition) is 4. The average molecular weight is 410 g/mol. The van der Waals surface area contributed by atoms with Crippen LogP contribution in [0.1, 0.15) is 52.9 Å². The molecule has 0 aromatic rings. The van der Waals surface area contributed by atoms with E-state index in [4.69, 9.17) is 4.74 Å². The van der Waals surface area contributed by atoms with Crippen molar-refractivity contribution >= 4 is 18.0 Å². The Labute approximate surface area is 175 Å². The van der Waals surface area contributed by atoms with Gasteiger partial charge < -0.3 is 25.2 Å². The van der Waals surface area contributed by atoms with Gasteiger partial charge in [0.1, 0.15) is 5.60 Å². The molecule has 0 saturated carbocycles. The Hall–Kier alpha value is -1.99. The van der Waals surface area contributed by atoms with Crippen LogP contribution < -0.4 is 10.6 Å². The molecule has 29 heavy (non-hydrogen) atoms. The van der Waals surface area contributed by atoms with Crippen LogP contribution >= 0.6 is 0 Å². The SMILES string of the molecule is CN=C(NCC1CCCN(C(=O)OC(C)(C)C)C1)N1CCC(CC(=O)NC)CC1. The van der Waals surface area contributed by atoms with Crippen LogP contribution in [0.2, 0.25) is 0 Å². The zero-order valence-corrected chi connectivity index (χ0v) is 18.8. The first-order chi connectivity index (χ1) is 13.7. The normalized spacial score (nSPS) is 21.7. The van der Waals surface area contributed by atoms with Gasteiger partial charge in [0, 0.05) is 53.2 Å². The van der Waals surface area contributed by atoms with Gasteiger partial charge in [-0.15, -0.1) is 0 Å². The van der Waals surface area contributed by atoms with E-state index in [-0.39, 0.29) is 12.0 Å². The molecule has 0 bridgehead atoms. The van der Waals surface area contributed by atoms with Crippen LogP contribution in [0.25, 0.3) is 0 Å². The van der Waals surface area contributed by atoms with E-state index >= 15 is 0 Å². The van der Waals surface area contributed by atoms with E-state index in [2.05, 4.69) is 20.5 Å². The van der Waals surface area contributed by atoms with Crippen LogP contribution in [0, 0.1) is 11.8 Å². The molecule has 2 aliphatic heterocycles. The topological polar surface area (TPSA) is 86.3 Å². The van der Waals surface area contributed by atoms with E-state index in [1.54, 1.807) is 7.05 Å². The molecule has 2 amide bonds. The van der Waals surface area contributed by atoms with Crippen molar-refractivity contribution in [2.24, 2.45) is 16.8 Å². The molecular formula is C21H39N5O3. The monoisotopic (exact) mass is 409 g/mol. The van der Waals surface area contributed by atoms with Crippen LogP contribution in [0.3, 0.4) is 0 Å². The number of carbonyl (C=O) groups is 2. The molecule has 0 aromatic heterocycles. The molecule has 0 aromatic carbocycles. The van der Waals surface area contributed by atoms with Gasteiger partial charge in [0.25, 0.3) is 0 Å². The second kappa shape index (κ2) is 10.7. The molecule has 166 valence electrons. The molecule has 0 radical (unpaired) electrons. The number of rotatable bonds is 4. The molecule has 8 heteroatoms. The highest BCUT2D eigenvalue weighted by Crippen LogP contribution is 2.21. The third-order valence-corrected chi connectivity index (χ3v) is 5.60. The highest BCUT2D eigenvalue weighted by Gasteiger charge is 2.28. The van der Waals surface area contributed by atoms with Gasteiger partial charge in [0.15, 0.2) is 5.96 Å². The molecule has 2 aliphatic rings. The first-order valence-electron chi connectivity index (χ1n) is 10.9. The predicted octanol–water partition coefficient (Wildman–Crippen LogP) is 2.06. The number of nitrogens with zero attached hydrogens (tertiary/aromatic N) is 3. The smallest absolute Gasteiger partial charge is 0.410 e. The molecule has 2 fully saturated rings. The molecular weight excluding hydrogens is 370 g/mol. The molecule has 2 heterocycles. The lowest BCUT2D eigenvalue weighted by molar-refractivity contribution is -0.121. The Balaban J connectivity index is 1.77. The summed E-state index contributed by atoms with van der Waals surface area (Å²) in [5, 5.41) is 6.21. The van der Waals surface area contributed by atoms with E-state index in [1.807, 2.05) is 32.7 Å². The van der Waals surface area contributed by atoms with Crippen molar-refractivity contribution in [3.05, 3.63) is 0 Å². The first-order valence-corrected chi connectivity index (χ1v) is 10.9. The lowest BCUT2D eigenvalue weighted by atomic mass is 9.93. The zero-order chi connectivity index (χ0) is 21.4. The van der Waals surface area contributed by atoms with Gasteiger partial charge in [0.2, 0.25) is 5.91 Å². The molecule has 1 atom stereocenters. The van der Waals surface area contributed by atoms with Crippen molar-refractivity contribution in [1.82, 2.24) is 20.4 Å². The predicted molar refractivity (Wildman–Crippen MR) is 115 cm³/mol. The van der Waals surface area contributed by atoms with Gasteiger partial charge in [0.05, 0.1) is 0 Å². The van der Waals surface area contributed by atoms with Crippen molar-refractivity contribution in [3.8, 4) is 0 Å². The van der Waals surface area contributed by atoms with Crippen LogP contribution in [0.4, 0.5) is 4.79 Å². The van der Waals surface area contributed by atoms with E-state index in [0.29, 0.717) is 24.8 Å². The summed E-state index contributed by atoms with van der Waals surface area (Å²) in [6.45, 7) is 9.80. The summed E-state index contributed by atoms with van der Waals surface area (Å²) in [7, 11) is 3.51. The molecule has 2 rings (SSSR count). The first kappa shape index (κ1) is 23.3. The Bertz CT molecular complexity index is 579. The number of amides is 2. The highest BCUT2D eigenvalue weighted by atomic mass is 16.6. The molecule has 1 unspecified atom stereocenters. The maximum atomic E-state index is 12.4. The average Bonchev–Trinajstić information content (AvgIpc) is 2.68. The maximum absolute atomic E-state index is 12.4. The van der Waals surface area contributed by atoms with Crippen LogP contribution in [0.15, 0.2) is 4.99 Å². The molecule has 2 saturated heterocycles. The summed E-state index contributed by atoms with van der Waals surface area (Å²) in [4.78, 5) is 32.5. The lowest BCUT2D eigenvalue weighted by Crippen LogP contribution is -2.49. The quantitative estimate of drug-likeness (QED) is 0.548. The molecule has 8 nitrogen and oxygen atoms in total. The van der Waals surface area contributed by atoms with Gasteiger partial charge in [-0.05, 0) is 58.3 Å². The van der Waals surface area contributed by atoms with E-state index < -0.39 is 5.60 Å². The number of nitrogens with one attached hydrogen (secondary N) is 2. The third-order valence-electron chi connectivity index (χ3n) is 5.60. The van der Waals surface area contributed by atoms with Crippen molar-refractivity contribution in [2.75, 3.05) is 46.8 Å². The number of aliphatic imine (C=N–C) groups is 1. The van der Waals surface area contributed by atoms with Gasteiger partial charge in [-0.3, -0.25) is 9.79 Å². The second-order valence-corrected chi connectivity index (χ2v) is 9.17. The minimum atomic E-state index is -0.464. The largest absolute Gasteiger partial charge is 0.444 e. The van der Waals surface area contributed by atoms with Crippen molar-refractivity contribution in [2.45, 2.75) is 58.5 Å². The van der Waals surface area contributed by atoms with Crippen LogP contribution in [0.5, 0.6) is 0 Å². The van der Waals surface area contributed by atoms with Gasteiger partial charge in [-0.2, -0.15) is 0 Å². The summed E-state index contributed by atoms with van der Waals surface area (Å²) in [6, 6.07) is 0. The summed E-state index contributed by atoms with van der Waals surface area (Å²) in [5.74, 6) is 1.87. The van der Waals surface area contributed by atoms with E-state index in [0.717, 1.165) is 57.8 Å². The molecule has 0 aliphatic carbocycles. The van der Waals surface area contributed by atoms with Crippen molar-refractivity contribution in [1.29, 1.82) is 0 Å². The van der Waals surface area contributed by atoms with E-state index in [1.165, 1.54) is 0 Å². The minimum absolute atomic E-state index is 0.123. The van der Waals surface area contributed by atoms with Gasteiger partial charge in [-0.1, -0.05) is 0 Å². The summed E-state index contributed by atoms with van der Waals surface area (Å²) < 4.78 is 5.52. The zero-order valence-electron chi connectivity index (χ0n) is 18.8. The maximum Gasteiger partial charge on any atom is 0.410 e. The number of piperidine rings is 2. The highest BCUT2D eigenvalue weighted by molar-refractivity contribution is 5.80. The fraction of sp³-hybridized carbons (Fsp3) is 0.857. The Morgan fingerprint density at radius 2 is 1.76 bits per heavy atom. The van der Waals surface area contributed by atoms with Crippen molar-refractivity contribution in [3.63, 3.8) is 0 Å². The number of carbonyl (C=O) groups excluding carboxylic acids is 2. The summed E-state index contributed by atoms with van der Waals surface area (Å²) in [5.41, 5.74) is -0.464. The second-order valence-electron chi connectivity index (χ2n) is 9.17. The summed E-state index contributed by atoms with van der Waals surface area (Å²) in [6.07, 6.45) is 4.49. The minimum Gasteiger partial charge on any atom is -0.444 e. The summed E-state index contributed by atoms with van der Waals surface area (Å²) >= 11 is 0. The fourth-order valence-electron chi connectivity index (χ4n) is 4.01. The fourth-order valence-corrected chi connectivity index (χ4v) is 4.01. The van der Waals surface area contributed by atoms with Crippen molar-refractivity contribution < 1.29 is 14.3 Å². The van der Waals surface area contributed by atoms with E-state index in [9.17, 15) is 9.59 Å². The number of ether oxygens (including phenoxy) is 1. The van der Waals surface area contributed by atoms with Crippen LogP contribution in [-0.4, -0.2) is 80.2 Å². The molecule has 2 N–H and O–H groups in total. The standard InChI is InChI=1S/C21H39N5O3/c1-21(2,3)29-20(28)26-10-6-7-17(15-26)14-24-19(23-5)25-11-8-16(9-12-25)13-18(27)22-4/h16-17H,6-15H2,1-5H3,(H,22,27)(H,23,24). The number of hydrogen-bond donors (Lipinski definition) is 2. The Morgan fingerprint density at radius 3 is 2.34 bits per heavy atom. The number of guanidine groups is 1. The third kappa shape index (κ3) is 7.74. The van der Waals surface area contributed by atoms with Crippen LogP contribution in [-0.2, 0) is 9.53 Å².